The van der Waals surface area contributed by atoms with Crippen molar-refractivity contribution in [3.05, 3.63) is 17.8 Å². The Morgan fingerprint density at radius 2 is 2.08 bits per heavy atom. The zero-order chi connectivity index (χ0) is 8.97. The molecule has 3 heteroatoms. The highest BCUT2D eigenvalue weighted by atomic mass is 15.1. The van der Waals surface area contributed by atoms with Gasteiger partial charge in [0.2, 0.25) is 0 Å². The number of nitrogens with two attached hydrogens (primary N) is 1. The fourth-order valence-corrected chi connectivity index (χ4v) is 0.628. The third kappa shape index (κ3) is 2.59. The lowest BCUT2D eigenvalue weighted by Crippen LogP contribution is -1.93. The maximum Gasteiger partial charge on any atom is 0.146 e. The summed E-state index contributed by atoms with van der Waals surface area (Å²) in [6.07, 6.45) is 0. The predicted molar refractivity (Wildman–Crippen MR) is 48.2 cm³/mol. The fourth-order valence-electron chi connectivity index (χ4n) is 0.628. The molecule has 1 heterocycles. The van der Waals surface area contributed by atoms with Crippen LogP contribution in [0.3, 0.4) is 0 Å². The molecule has 0 aromatic carbocycles. The molecule has 62 valence electrons. The maximum atomic E-state index is 5.36. The molecule has 0 saturated heterocycles. The number of hydrogen-bond donors (Lipinski definition) is 1. The van der Waals surface area contributed by atoms with Crippen LogP contribution in [0.2, 0.25) is 0 Å². The number of anilines is 1. The van der Waals surface area contributed by atoms with Crippen molar-refractivity contribution < 1.29 is 0 Å². The van der Waals surface area contributed by atoms with E-state index >= 15 is 0 Å². The van der Waals surface area contributed by atoms with Crippen LogP contribution in [0, 0.1) is 17.8 Å². The number of nitrogen functional groups attached to an aromatic ring is 1. The number of aromatic nitrogens is 2. The van der Waals surface area contributed by atoms with E-state index in [2.05, 4.69) is 22.0 Å². The van der Waals surface area contributed by atoms with Crippen molar-refractivity contribution in [3.8, 4) is 11.8 Å². The van der Waals surface area contributed by atoms with E-state index in [-0.39, 0.29) is 0 Å². The second kappa shape index (κ2) is 3.72. The van der Waals surface area contributed by atoms with Crippen LogP contribution >= 0.6 is 0 Å². The summed E-state index contributed by atoms with van der Waals surface area (Å²) < 4.78 is 0. The Hall–Kier alpha value is -1.56. The van der Waals surface area contributed by atoms with Gasteiger partial charge in [-0.25, -0.2) is 0 Å². The van der Waals surface area contributed by atoms with Crippen LogP contribution in [0.1, 0.15) is 19.5 Å². The van der Waals surface area contributed by atoms with Crippen molar-refractivity contribution in [2.24, 2.45) is 5.92 Å². The van der Waals surface area contributed by atoms with Crippen LogP contribution in [0.25, 0.3) is 0 Å². The standard InChI is InChI=1S/C9H11N3/c1-7(2)3-4-8-5-6-9(10)12-11-8/h5-7H,1-2H3,(H2,10,12). The molecule has 2 N–H and O–H groups in total. The van der Waals surface area contributed by atoms with E-state index in [0.29, 0.717) is 17.4 Å². The first-order chi connectivity index (χ1) is 5.68. The van der Waals surface area contributed by atoms with Gasteiger partial charge in [-0.3, -0.25) is 0 Å². The fraction of sp³-hybridized carbons (Fsp3) is 0.333. The third-order valence-corrected chi connectivity index (χ3v) is 1.17. The molecule has 0 unspecified atom stereocenters. The van der Waals surface area contributed by atoms with Gasteiger partial charge in [-0.05, 0) is 18.1 Å². The largest absolute Gasteiger partial charge is 0.382 e. The third-order valence-electron chi connectivity index (χ3n) is 1.17. The van der Waals surface area contributed by atoms with E-state index in [1.165, 1.54) is 0 Å². The molecular formula is C9H11N3. The van der Waals surface area contributed by atoms with Crippen molar-refractivity contribution in [3.63, 3.8) is 0 Å². The van der Waals surface area contributed by atoms with Gasteiger partial charge in [0.15, 0.2) is 0 Å². The van der Waals surface area contributed by atoms with Crippen molar-refractivity contribution >= 4 is 5.82 Å². The van der Waals surface area contributed by atoms with E-state index in [0.717, 1.165) is 0 Å². The molecule has 1 rings (SSSR count). The lowest BCUT2D eigenvalue weighted by molar-refractivity contribution is 0.866. The van der Waals surface area contributed by atoms with Gasteiger partial charge >= 0.3 is 0 Å². The Labute approximate surface area is 72.0 Å². The molecule has 3 nitrogen and oxygen atoms in total. The maximum absolute atomic E-state index is 5.36. The predicted octanol–water partition coefficient (Wildman–Crippen LogP) is 1.07. The molecule has 1 aromatic rings. The molecule has 0 atom stereocenters. The highest BCUT2D eigenvalue weighted by Gasteiger charge is 1.89. The monoisotopic (exact) mass is 161 g/mol. The lowest BCUT2D eigenvalue weighted by atomic mass is 10.2. The minimum absolute atomic E-state index is 0.351. The quantitative estimate of drug-likeness (QED) is 0.579. The number of hydrogen-bond acceptors (Lipinski definition) is 3. The first kappa shape index (κ1) is 8.54. The van der Waals surface area contributed by atoms with Gasteiger partial charge in [-0.2, -0.15) is 0 Å². The van der Waals surface area contributed by atoms with Crippen LogP contribution in [0.15, 0.2) is 12.1 Å². The van der Waals surface area contributed by atoms with E-state index < -0.39 is 0 Å². The van der Waals surface area contributed by atoms with E-state index in [9.17, 15) is 0 Å². The van der Waals surface area contributed by atoms with Gasteiger partial charge in [0, 0.05) is 5.92 Å². The summed E-state index contributed by atoms with van der Waals surface area (Å²) in [4.78, 5) is 0. The first-order valence-electron chi connectivity index (χ1n) is 3.79. The minimum Gasteiger partial charge on any atom is -0.382 e. The average Bonchev–Trinajstić information content (AvgIpc) is 2.03. The Bertz CT molecular complexity index is 303. The summed E-state index contributed by atoms with van der Waals surface area (Å²) in [5, 5.41) is 7.48. The Morgan fingerprint density at radius 1 is 1.33 bits per heavy atom. The molecule has 0 saturated carbocycles. The lowest BCUT2D eigenvalue weighted by Gasteiger charge is -1.90. The summed E-state index contributed by atoms with van der Waals surface area (Å²) in [5.74, 6) is 6.65. The van der Waals surface area contributed by atoms with Crippen LogP contribution in [-0.2, 0) is 0 Å². The Kier molecular flexibility index (Phi) is 2.65. The average molecular weight is 161 g/mol. The van der Waals surface area contributed by atoms with Crippen LogP contribution < -0.4 is 5.73 Å². The Balaban J connectivity index is 2.79. The summed E-state index contributed by atoms with van der Waals surface area (Å²) >= 11 is 0. The molecule has 0 aliphatic heterocycles. The number of nitrogens with zero attached hydrogens (tertiary/aromatic N) is 2. The van der Waals surface area contributed by atoms with Crippen molar-refractivity contribution in [2.75, 3.05) is 5.73 Å². The second-order valence-corrected chi connectivity index (χ2v) is 2.77. The van der Waals surface area contributed by atoms with E-state index in [1.807, 2.05) is 13.8 Å². The molecule has 0 fully saturated rings. The SMILES string of the molecule is CC(C)C#Cc1ccc(N)nn1. The molecule has 0 radical (unpaired) electrons. The molecule has 0 spiro atoms. The van der Waals surface area contributed by atoms with Gasteiger partial charge in [0.05, 0.1) is 0 Å². The molecule has 0 aliphatic rings. The van der Waals surface area contributed by atoms with Crippen LogP contribution in [-0.4, -0.2) is 10.2 Å². The van der Waals surface area contributed by atoms with Crippen molar-refractivity contribution in [1.29, 1.82) is 0 Å². The highest BCUT2D eigenvalue weighted by molar-refractivity contribution is 5.32. The van der Waals surface area contributed by atoms with Gasteiger partial charge in [-0.1, -0.05) is 19.8 Å². The molecule has 0 bridgehead atoms. The Morgan fingerprint density at radius 3 is 2.58 bits per heavy atom. The van der Waals surface area contributed by atoms with Crippen LogP contribution in [0.4, 0.5) is 5.82 Å². The second-order valence-electron chi connectivity index (χ2n) is 2.77. The van der Waals surface area contributed by atoms with Gasteiger partial charge < -0.3 is 5.73 Å². The van der Waals surface area contributed by atoms with Crippen molar-refractivity contribution in [1.82, 2.24) is 10.2 Å². The summed E-state index contributed by atoms with van der Waals surface area (Å²) in [5.41, 5.74) is 6.03. The van der Waals surface area contributed by atoms with Gasteiger partial charge in [0.1, 0.15) is 11.5 Å². The normalized spacial score (nSPS) is 9.25. The zero-order valence-electron chi connectivity index (χ0n) is 7.20. The first-order valence-corrected chi connectivity index (χ1v) is 3.79. The van der Waals surface area contributed by atoms with E-state index in [4.69, 9.17) is 5.73 Å². The highest BCUT2D eigenvalue weighted by Crippen LogP contribution is 1.95. The summed E-state index contributed by atoms with van der Waals surface area (Å²) in [6.45, 7) is 4.05. The molecule has 1 aromatic heterocycles. The van der Waals surface area contributed by atoms with Gasteiger partial charge in [0.25, 0.3) is 0 Å². The zero-order valence-corrected chi connectivity index (χ0v) is 7.20. The van der Waals surface area contributed by atoms with Crippen LogP contribution in [0.5, 0.6) is 0 Å². The van der Waals surface area contributed by atoms with Crippen molar-refractivity contribution in [2.45, 2.75) is 13.8 Å². The van der Waals surface area contributed by atoms with E-state index in [1.54, 1.807) is 12.1 Å². The molecule has 0 amide bonds. The minimum atomic E-state index is 0.351. The number of rotatable bonds is 0. The molecular weight excluding hydrogens is 150 g/mol. The van der Waals surface area contributed by atoms with Gasteiger partial charge in [-0.15, -0.1) is 10.2 Å². The summed E-state index contributed by atoms with van der Waals surface area (Å²) in [7, 11) is 0. The molecule has 12 heavy (non-hydrogen) atoms. The smallest absolute Gasteiger partial charge is 0.146 e. The summed E-state index contributed by atoms with van der Waals surface area (Å²) in [6, 6.07) is 3.45. The molecule has 0 aliphatic carbocycles. The topological polar surface area (TPSA) is 51.8 Å².